The summed E-state index contributed by atoms with van der Waals surface area (Å²) in [6.45, 7) is 8.52. The van der Waals surface area contributed by atoms with E-state index >= 15 is 0 Å². The lowest BCUT2D eigenvalue weighted by Gasteiger charge is -2.47. The van der Waals surface area contributed by atoms with Crippen LogP contribution in [0.5, 0.6) is 0 Å². The molecule has 0 amide bonds. The molecule has 2 fully saturated rings. The van der Waals surface area contributed by atoms with Gasteiger partial charge in [-0.2, -0.15) is 0 Å². The number of nitrogens with one attached hydrogen (secondary N) is 1. The van der Waals surface area contributed by atoms with Gasteiger partial charge in [0.15, 0.2) is 0 Å². The Kier molecular flexibility index (Phi) is 6.79. The zero-order chi connectivity index (χ0) is 14.4. The fourth-order valence-corrected chi connectivity index (χ4v) is 3.70. The fourth-order valence-electron chi connectivity index (χ4n) is 3.70. The third-order valence-corrected chi connectivity index (χ3v) is 4.94. The molecule has 2 saturated carbocycles. The minimum absolute atomic E-state index is 0.273. The zero-order valence-electron chi connectivity index (χ0n) is 13.6. The molecule has 2 aliphatic rings. The van der Waals surface area contributed by atoms with Gasteiger partial charge >= 0.3 is 0 Å². The van der Waals surface area contributed by atoms with Crippen LogP contribution in [0, 0.1) is 5.92 Å². The van der Waals surface area contributed by atoms with Gasteiger partial charge in [-0.1, -0.05) is 40.0 Å². The van der Waals surface area contributed by atoms with Crippen molar-refractivity contribution in [3.05, 3.63) is 0 Å². The Morgan fingerprint density at radius 1 is 1.05 bits per heavy atom. The Morgan fingerprint density at radius 2 is 1.85 bits per heavy atom. The molecule has 0 aromatic rings. The van der Waals surface area contributed by atoms with E-state index in [9.17, 15) is 0 Å². The molecule has 3 heteroatoms. The Labute approximate surface area is 124 Å². The highest BCUT2D eigenvalue weighted by atomic mass is 16.6. The first-order chi connectivity index (χ1) is 9.80. The number of likely N-dealkylation sites (N-methyl/N-ethyl adjacent to an activating group) is 1. The second-order valence-electron chi connectivity index (χ2n) is 6.40. The molecule has 0 heterocycles. The summed E-state index contributed by atoms with van der Waals surface area (Å²) in [6.07, 6.45) is 9.87. The van der Waals surface area contributed by atoms with Crippen molar-refractivity contribution in [2.24, 2.45) is 5.92 Å². The van der Waals surface area contributed by atoms with Crippen LogP contribution in [0.4, 0.5) is 0 Å². The third-order valence-electron chi connectivity index (χ3n) is 4.94. The van der Waals surface area contributed by atoms with Crippen molar-refractivity contribution >= 4 is 0 Å². The van der Waals surface area contributed by atoms with E-state index in [1.54, 1.807) is 0 Å². The molecule has 1 N–H and O–H groups in total. The zero-order valence-corrected chi connectivity index (χ0v) is 13.6. The highest BCUT2D eigenvalue weighted by Gasteiger charge is 2.44. The summed E-state index contributed by atoms with van der Waals surface area (Å²) in [5.41, 5.74) is 0. The smallest absolute Gasteiger partial charge is 0.0990 e. The van der Waals surface area contributed by atoms with Crippen LogP contribution >= 0.6 is 0 Å². The quantitative estimate of drug-likeness (QED) is 0.739. The van der Waals surface area contributed by atoms with Crippen LogP contribution in [0.3, 0.4) is 0 Å². The summed E-state index contributed by atoms with van der Waals surface area (Å²) in [4.78, 5) is 0. The molecule has 0 radical (unpaired) electrons. The van der Waals surface area contributed by atoms with Crippen molar-refractivity contribution in [2.75, 3.05) is 13.2 Å². The van der Waals surface area contributed by atoms with E-state index < -0.39 is 0 Å². The number of hydrogen-bond donors (Lipinski definition) is 1. The molecule has 3 nitrogen and oxygen atoms in total. The van der Waals surface area contributed by atoms with Gasteiger partial charge in [-0.15, -0.1) is 0 Å². The second-order valence-corrected chi connectivity index (χ2v) is 6.40. The maximum Gasteiger partial charge on any atom is 0.0990 e. The van der Waals surface area contributed by atoms with Gasteiger partial charge in [-0.25, -0.2) is 0 Å². The van der Waals surface area contributed by atoms with Crippen molar-refractivity contribution in [2.45, 2.75) is 90.1 Å². The molecule has 0 aromatic heterocycles. The van der Waals surface area contributed by atoms with Gasteiger partial charge in [0.05, 0.1) is 18.3 Å². The molecule has 20 heavy (non-hydrogen) atoms. The normalized spacial score (nSPS) is 37.6. The molecule has 0 aliphatic heterocycles. The summed E-state index contributed by atoms with van der Waals surface area (Å²) in [7, 11) is 0. The molecule has 0 aromatic carbocycles. The summed E-state index contributed by atoms with van der Waals surface area (Å²) >= 11 is 0. The topological polar surface area (TPSA) is 30.5 Å². The average Bonchev–Trinajstić information content (AvgIpc) is 2.47. The molecule has 0 spiro atoms. The Hall–Kier alpha value is -0.120. The summed E-state index contributed by atoms with van der Waals surface area (Å²) < 4.78 is 12.5. The largest absolute Gasteiger partial charge is 0.374 e. The lowest BCUT2D eigenvalue weighted by atomic mass is 9.82. The van der Waals surface area contributed by atoms with Gasteiger partial charge in [0, 0.05) is 12.6 Å². The van der Waals surface area contributed by atoms with Crippen LogP contribution in [-0.4, -0.2) is 37.5 Å². The molecule has 2 aliphatic carbocycles. The first-order valence-corrected chi connectivity index (χ1v) is 8.80. The molecule has 0 bridgehead atoms. The molecule has 0 saturated heterocycles. The molecule has 5 atom stereocenters. The number of hydrogen-bond acceptors (Lipinski definition) is 3. The van der Waals surface area contributed by atoms with Crippen LogP contribution in [0.1, 0.15) is 65.7 Å². The predicted molar refractivity (Wildman–Crippen MR) is 83.0 cm³/mol. The Balaban J connectivity index is 1.84. The predicted octanol–water partition coefficient (Wildman–Crippen LogP) is 3.52. The van der Waals surface area contributed by atoms with Crippen molar-refractivity contribution in [3.63, 3.8) is 0 Å². The molecular weight excluding hydrogens is 250 g/mol. The lowest BCUT2D eigenvalue weighted by Crippen LogP contribution is -2.61. The van der Waals surface area contributed by atoms with Gasteiger partial charge in [0.2, 0.25) is 0 Å². The minimum Gasteiger partial charge on any atom is -0.374 e. The van der Waals surface area contributed by atoms with E-state index in [1.807, 2.05) is 0 Å². The Morgan fingerprint density at radius 3 is 2.55 bits per heavy atom. The van der Waals surface area contributed by atoms with E-state index in [-0.39, 0.29) is 6.10 Å². The first kappa shape index (κ1) is 16.3. The van der Waals surface area contributed by atoms with E-state index in [2.05, 4.69) is 26.1 Å². The molecule has 118 valence electrons. The van der Waals surface area contributed by atoms with Gasteiger partial charge in [-0.3, -0.25) is 0 Å². The average molecular weight is 283 g/mol. The molecule has 5 unspecified atom stereocenters. The first-order valence-electron chi connectivity index (χ1n) is 8.80. The van der Waals surface area contributed by atoms with E-state index in [1.165, 1.54) is 32.1 Å². The maximum absolute atomic E-state index is 6.45. The van der Waals surface area contributed by atoms with Crippen LogP contribution < -0.4 is 5.32 Å². The Bertz CT molecular complexity index is 272. The minimum atomic E-state index is 0.273. The van der Waals surface area contributed by atoms with Crippen molar-refractivity contribution < 1.29 is 9.47 Å². The second kappa shape index (κ2) is 8.35. The standard InChI is InChI=1S/C17H33NO2/c1-4-11-19-17-14(18-6-3)12-16(17)20-15-10-8-7-9-13(15)5-2/h13-18H,4-12H2,1-3H3. The number of ether oxygens (including phenoxy) is 2. The van der Waals surface area contributed by atoms with Crippen LogP contribution in [0.2, 0.25) is 0 Å². The monoisotopic (exact) mass is 283 g/mol. The van der Waals surface area contributed by atoms with Gasteiger partial charge in [-0.05, 0) is 38.1 Å². The molecular formula is C17H33NO2. The highest BCUT2D eigenvalue weighted by molar-refractivity contribution is 4.98. The third kappa shape index (κ3) is 3.96. The van der Waals surface area contributed by atoms with Crippen molar-refractivity contribution in [1.82, 2.24) is 5.32 Å². The van der Waals surface area contributed by atoms with E-state index in [0.717, 1.165) is 31.9 Å². The molecule has 2 rings (SSSR count). The van der Waals surface area contributed by atoms with Crippen LogP contribution in [0.25, 0.3) is 0 Å². The van der Waals surface area contributed by atoms with Crippen LogP contribution in [0.15, 0.2) is 0 Å². The van der Waals surface area contributed by atoms with Crippen molar-refractivity contribution in [3.8, 4) is 0 Å². The SMILES string of the molecule is CCCOC1C(NCC)CC1OC1CCCCC1CC. The van der Waals surface area contributed by atoms with Gasteiger partial charge < -0.3 is 14.8 Å². The van der Waals surface area contributed by atoms with Crippen molar-refractivity contribution in [1.29, 1.82) is 0 Å². The van der Waals surface area contributed by atoms with Gasteiger partial charge in [0.1, 0.15) is 0 Å². The highest BCUT2D eigenvalue weighted by Crippen LogP contribution is 2.35. The summed E-state index contributed by atoms with van der Waals surface area (Å²) in [5.74, 6) is 0.772. The summed E-state index contributed by atoms with van der Waals surface area (Å²) in [6, 6.07) is 0.500. The maximum atomic E-state index is 6.45. The fraction of sp³-hybridized carbons (Fsp3) is 1.00. The van der Waals surface area contributed by atoms with E-state index in [0.29, 0.717) is 18.2 Å². The lowest BCUT2D eigenvalue weighted by molar-refractivity contribution is -0.182. The van der Waals surface area contributed by atoms with Crippen LogP contribution in [-0.2, 0) is 9.47 Å². The van der Waals surface area contributed by atoms with E-state index in [4.69, 9.17) is 9.47 Å². The van der Waals surface area contributed by atoms with Gasteiger partial charge in [0.25, 0.3) is 0 Å². The summed E-state index contributed by atoms with van der Waals surface area (Å²) in [5, 5.41) is 3.53. The number of rotatable bonds is 8.